The fourth-order valence-electron chi connectivity index (χ4n) is 1.20. The fraction of sp³-hybridized carbons (Fsp3) is 0.357. The van der Waals surface area contributed by atoms with Crippen molar-refractivity contribution in [2.75, 3.05) is 6.54 Å². The predicted octanol–water partition coefficient (Wildman–Crippen LogP) is 3.36. The molecular formula is C14H15ClFNO2. The summed E-state index contributed by atoms with van der Waals surface area (Å²) >= 11 is 5.69. The van der Waals surface area contributed by atoms with Crippen molar-refractivity contribution in [3.63, 3.8) is 0 Å². The van der Waals surface area contributed by atoms with E-state index < -0.39 is 17.5 Å². The van der Waals surface area contributed by atoms with Crippen LogP contribution in [0.5, 0.6) is 0 Å². The molecule has 1 rings (SSSR count). The van der Waals surface area contributed by atoms with Gasteiger partial charge in [0.15, 0.2) is 0 Å². The molecule has 0 aliphatic heterocycles. The average molecular weight is 284 g/mol. The van der Waals surface area contributed by atoms with Crippen molar-refractivity contribution in [2.45, 2.75) is 26.4 Å². The lowest BCUT2D eigenvalue weighted by molar-refractivity contribution is 0.0535. The predicted molar refractivity (Wildman–Crippen MR) is 72.5 cm³/mol. The molecule has 19 heavy (non-hydrogen) atoms. The summed E-state index contributed by atoms with van der Waals surface area (Å²) in [4.78, 5) is 11.3. The van der Waals surface area contributed by atoms with E-state index in [4.69, 9.17) is 16.3 Å². The molecule has 0 saturated heterocycles. The van der Waals surface area contributed by atoms with Crippen LogP contribution in [0.4, 0.5) is 9.18 Å². The van der Waals surface area contributed by atoms with Gasteiger partial charge in [0, 0.05) is 10.6 Å². The first-order chi connectivity index (χ1) is 8.76. The second kappa shape index (κ2) is 6.44. The number of carbonyl (C=O) groups excluding carboxylic acids is 1. The zero-order valence-corrected chi connectivity index (χ0v) is 11.8. The Bertz CT molecular complexity index is 506. The summed E-state index contributed by atoms with van der Waals surface area (Å²) < 4.78 is 18.0. The van der Waals surface area contributed by atoms with Gasteiger partial charge in [-0.2, -0.15) is 0 Å². The van der Waals surface area contributed by atoms with Crippen LogP contribution in [-0.4, -0.2) is 18.2 Å². The minimum Gasteiger partial charge on any atom is -0.444 e. The molecule has 0 fully saturated rings. The molecule has 1 aromatic rings. The van der Waals surface area contributed by atoms with Crippen molar-refractivity contribution < 1.29 is 13.9 Å². The van der Waals surface area contributed by atoms with Gasteiger partial charge in [0.1, 0.15) is 11.4 Å². The largest absolute Gasteiger partial charge is 0.444 e. The van der Waals surface area contributed by atoms with Crippen molar-refractivity contribution in [2.24, 2.45) is 0 Å². The highest BCUT2D eigenvalue weighted by atomic mass is 35.5. The molecule has 0 heterocycles. The number of hydrogen-bond acceptors (Lipinski definition) is 2. The smallest absolute Gasteiger partial charge is 0.408 e. The van der Waals surface area contributed by atoms with Gasteiger partial charge >= 0.3 is 6.09 Å². The molecule has 0 spiro atoms. The minimum atomic E-state index is -0.548. The molecule has 1 amide bonds. The van der Waals surface area contributed by atoms with E-state index in [-0.39, 0.29) is 11.6 Å². The van der Waals surface area contributed by atoms with Crippen LogP contribution in [0.25, 0.3) is 0 Å². The first-order valence-corrected chi connectivity index (χ1v) is 6.06. The first-order valence-electron chi connectivity index (χ1n) is 5.68. The van der Waals surface area contributed by atoms with Crippen molar-refractivity contribution in [1.29, 1.82) is 0 Å². The maximum atomic E-state index is 13.0. The van der Waals surface area contributed by atoms with E-state index in [1.54, 1.807) is 26.8 Å². The van der Waals surface area contributed by atoms with Gasteiger partial charge < -0.3 is 10.1 Å². The second-order valence-electron chi connectivity index (χ2n) is 4.82. The van der Waals surface area contributed by atoms with E-state index in [0.717, 1.165) is 0 Å². The highest BCUT2D eigenvalue weighted by Crippen LogP contribution is 2.13. The molecule has 0 bridgehead atoms. The van der Waals surface area contributed by atoms with Crippen LogP contribution < -0.4 is 5.32 Å². The van der Waals surface area contributed by atoms with Crippen molar-refractivity contribution in [3.8, 4) is 11.8 Å². The Balaban J connectivity index is 2.50. The van der Waals surface area contributed by atoms with Crippen molar-refractivity contribution in [1.82, 2.24) is 5.32 Å². The van der Waals surface area contributed by atoms with E-state index in [1.165, 1.54) is 12.1 Å². The third kappa shape index (κ3) is 6.68. The maximum absolute atomic E-state index is 13.0. The zero-order chi connectivity index (χ0) is 14.5. The van der Waals surface area contributed by atoms with Crippen LogP contribution in [0.15, 0.2) is 18.2 Å². The van der Waals surface area contributed by atoms with Gasteiger partial charge in [-0.3, -0.25) is 0 Å². The number of alkyl carbamates (subject to hydrolysis) is 1. The molecule has 0 unspecified atom stereocenters. The fourth-order valence-corrected chi connectivity index (χ4v) is 1.42. The summed E-state index contributed by atoms with van der Waals surface area (Å²) in [5.74, 6) is 4.94. The Kier molecular flexibility index (Phi) is 5.20. The Labute approximate surface area is 117 Å². The molecule has 0 aromatic heterocycles. The highest BCUT2D eigenvalue weighted by molar-refractivity contribution is 6.30. The minimum absolute atomic E-state index is 0.114. The third-order valence-electron chi connectivity index (χ3n) is 1.82. The molecule has 0 radical (unpaired) electrons. The molecule has 102 valence electrons. The Morgan fingerprint density at radius 3 is 2.68 bits per heavy atom. The summed E-state index contributed by atoms with van der Waals surface area (Å²) in [5, 5.41) is 2.76. The average Bonchev–Trinajstić information content (AvgIpc) is 2.20. The molecule has 1 aromatic carbocycles. The molecule has 5 heteroatoms. The van der Waals surface area contributed by atoms with Crippen LogP contribution in [0, 0.1) is 17.7 Å². The van der Waals surface area contributed by atoms with E-state index in [1.807, 2.05) is 0 Å². The number of rotatable bonds is 1. The lowest BCUT2D eigenvalue weighted by Crippen LogP contribution is -2.32. The van der Waals surface area contributed by atoms with Crippen LogP contribution in [0.3, 0.4) is 0 Å². The van der Waals surface area contributed by atoms with Crippen LogP contribution in [-0.2, 0) is 4.74 Å². The van der Waals surface area contributed by atoms with Gasteiger partial charge in [0.05, 0.1) is 6.54 Å². The third-order valence-corrected chi connectivity index (χ3v) is 2.03. The summed E-state index contributed by atoms with van der Waals surface area (Å²) in [5.41, 5.74) is -0.0934. The molecule has 1 N–H and O–H groups in total. The first kappa shape index (κ1) is 15.3. The number of ether oxygens (including phenoxy) is 1. The van der Waals surface area contributed by atoms with Crippen molar-refractivity contribution in [3.05, 3.63) is 34.6 Å². The zero-order valence-electron chi connectivity index (χ0n) is 11.0. The summed E-state index contributed by atoms with van der Waals surface area (Å²) in [6, 6.07) is 4.02. The lowest BCUT2D eigenvalue weighted by atomic mass is 10.2. The van der Waals surface area contributed by atoms with Gasteiger partial charge in [-0.15, -0.1) is 0 Å². The molecule has 3 nitrogen and oxygen atoms in total. The highest BCUT2D eigenvalue weighted by Gasteiger charge is 2.14. The van der Waals surface area contributed by atoms with Crippen LogP contribution in [0.2, 0.25) is 5.02 Å². The van der Waals surface area contributed by atoms with Gasteiger partial charge in [-0.1, -0.05) is 23.4 Å². The second-order valence-corrected chi connectivity index (χ2v) is 5.25. The SMILES string of the molecule is CC(C)(C)OC(=O)NCC#Cc1cc(F)cc(Cl)c1. The summed E-state index contributed by atoms with van der Waals surface area (Å²) in [6.45, 7) is 5.43. The number of halogens is 2. The quantitative estimate of drug-likeness (QED) is 0.803. The lowest BCUT2D eigenvalue weighted by Gasteiger charge is -2.18. The summed E-state index contributed by atoms with van der Waals surface area (Å²) in [7, 11) is 0. The summed E-state index contributed by atoms with van der Waals surface area (Å²) in [6.07, 6.45) is -0.543. The monoisotopic (exact) mass is 283 g/mol. The Morgan fingerprint density at radius 2 is 2.11 bits per heavy atom. The molecular weight excluding hydrogens is 269 g/mol. The van der Waals surface area contributed by atoms with E-state index in [9.17, 15) is 9.18 Å². The van der Waals surface area contributed by atoms with Gasteiger partial charge in [0.2, 0.25) is 0 Å². The van der Waals surface area contributed by atoms with Gasteiger partial charge in [0.25, 0.3) is 0 Å². The van der Waals surface area contributed by atoms with Gasteiger partial charge in [-0.25, -0.2) is 9.18 Å². The Hall–Kier alpha value is -1.73. The normalized spacial score (nSPS) is 10.4. The van der Waals surface area contributed by atoms with E-state index >= 15 is 0 Å². The van der Waals surface area contributed by atoms with Crippen molar-refractivity contribution >= 4 is 17.7 Å². The van der Waals surface area contributed by atoms with Crippen LogP contribution in [0.1, 0.15) is 26.3 Å². The maximum Gasteiger partial charge on any atom is 0.408 e. The van der Waals surface area contributed by atoms with Crippen LogP contribution >= 0.6 is 11.6 Å². The number of hydrogen-bond donors (Lipinski definition) is 1. The van der Waals surface area contributed by atoms with E-state index in [0.29, 0.717) is 5.56 Å². The molecule has 0 aliphatic rings. The van der Waals surface area contributed by atoms with E-state index in [2.05, 4.69) is 17.2 Å². The topological polar surface area (TPSA) is 38.3 Å². The molecule has 0 saturated carbocycles. The number of carbonyl (C=O) groups is 1. The number of benzene rings is 1. The Morgan fingerprint density at radius 1 is 1.42 bits per heavy atom. The number of nitrogens with one attached hydrogen (secondary N) is 1. The standard InChI is InChI=1S/C14H15ClFNO2/c1-14(2,3)19-13(18)17-6-4-5-10-7-11(15)9-12(16)8-10/h7-9H,6H2,1-3H3,(H,17,18). The molecule has 0 atom stereocenters. The van der Waals surface area contributed by atoms with Gasteiger partial charge in [-0.05, 0) is 39.0 Å². The molecule has 0 aliphatic carbocycles. The number of amides is 1.